The van der Waals surface area contributed by atoms with E-state index in [-0.39, 0.29) is 23.8 Å². The molecule has 2 aliphatic rings. The van der Waals surface area contributed by atoms with Crippen LogP contribution in [0.4, 0.5) is 9.59 Å². The number of benzene rings is 1. The fourth-order valence-corrected chi connectivity index (χ4v) is 3.60. The Morgan fingerprint density at radius 1 is 0.964 bits per heavy atom. The van der Waals surface area contributed by atoms with Gasteiger partial charge in [0.25, 0.3) is 5.91 Å². The maximum Gasteiger partial charge on any atom is 0.339 e. The largest absolute Gasteiger partial charge is 0.452 e. The summed E-state index contributed by atoms with van der Waals surface area (Å²) >= 11 is 1.10. The lowest BCUT2D eigenvalue weighted by atomic mass is 10.2. The summed E-state index contributed by atoms with van der Waals surface area (Å²) in [5, 5.41) is 5.04. The zero-order valence-electron chi connectivity index (χ0n) is 14.8. The van der Waals surface area contributed by atoms with Crippen LogP contribution in [-0.4, -0.2) is 78.2 Å². The van der Waals surface area contributed by atoms with Gasteiger partial charge >= 0.3 is 18.0 Å². The van der Waals surface area contributed by atoms with Gasteiger partial charge in [-0.2, -0.15) is 0 Å². The number of nitrogens with one attached hydrogen (secondary N) is 2. The molecule has 0 aliphatic carbocycles. The van der Waals surface area contributed by atoms with Crippen molar-refractivity contribution in [2.45, 2.75) is 4.90 Å². The molecular formula is C17H18N4O6S. The Labute approximate surface area is 164 Å². The zero-order valence-corrected chi connectivity index (χ0v) is 15.6. The highest BCUT2D eigenvalue weighted by atomic mass is 32.2. The number of rotatable bonds is 6. The van der Waals surface area contributed by atoms with Gasteiger partial charge in [-0.15, -0.1) is 11.8 Å². The fraction of sp³-hybridized carbons (Fsp3) is 0.353. The van der Waals surface area contributed by atoms with E-state index in [0.29, 0.717) is 24.5 Å². The van der Waals surface area contributed by atoms with Crippen LogP contribution in [-0.2, 0) is 14.3 Å². The molecule has 11 heteroatoms. The van der Waals surface area contributed by atoms with E-state index in [9.17, 15) is 24.0 Å². The second kappa shape index (κ2) is 8.74. The molecule has 0 atom stereocenters. The van der Waals surface area contributed by atoms with E-state index in [4.69, 9.17) is 4.74 Å². The second-order valence-electron chi connectivity index (χ2n) is 5.92. The molecule has 148 valence electrons. The summed E-state index contributed by atoms with van der Waals surface area (Å²) in [6, 6.07) is 5.56. The SMILES string of the molecule is O=C(OCC(=O)N1CCNC1=O)c1ccccc1SCC(=O)N1CCNC1=O. The monoisotopic (exact) mass is 406 g/mol. The molecule has 0 bridgehead atoms. The van der Waals surface area contributed by atoms with Gasteiger partial charge in [-0.1, -0.05) is 12.1 Å². The van der Waals surface area contributed by atoms with Crippen LogP contribution in [0.2, 0.25) is 0 Å². The van der Waals surface area contributed by atoms with Gasteiger partial charge in [0.2, 0.25) is 5.91 Å². The molecule has 6 amide bonds. The molecule has 2 saturated heterocycles. The van der Waals surface area contributed by atoms with Crippen LogP contribution >= 0.6 is 11.8 Å². The van der Waals surface area contributed by atoms with Crippen molar-refractivity contribution in [3.05, 3.63) is 29.8 Å². The topological polar surface area (TPSA) is 125 Å². The number of esters is 1. The third-order valence-electron chi connectivity index (χ3n) is 4.10. The van der Waals surface area contributed by atoms with Gasteiger partial charge in [0, 0.05) is 31.1 Å². The molecule has 0 aromatic heterocycles. The lowest BCUT2D eigenvalue weighted by molar-refractivity contribution is -0.130. The molecular weight excluding hydrogens is 388 g/mol. The summed E-state index contributed by atoms with van der Waals surface area (Å²) in [7, 11) is 0. The van der Waals surface area contributed by atoms with Gasteiger partial charge in [-0.3, -0.25) is 19.4 Å². The highest BCUT2D eigenvalue weighted by Gasteiger charge is 2.28. The molecule has 1 aromatic rings. The summed E-state index contributed by atoms with van der Waals surface area (Å²) in [6.07, 6.45) is 0. The molecule has 0 unspecified atom stereocenters. The number of hydrogen-bond acceptors (Lipinski definition) is 7. The van der Waals surface area contributed by atoms with E-state index in [2.05, 4.69) is 10.6 Å². The molecule has 0 radical (unpaired) electrons. The number of imide groups is 2. The highest BCUT2D eigenvalue weighted by molar-refractivity contribution is 8.00. The van der Waals surface area contributed by atoms with Crippen molar-refractivity contribution in [1.82, 2.24) is 20.4 Å². The lowest BCUT2D eigenvalue weighted by Gasteiger charge is -2.14. The third-order valence-corrected chi connectivity index (χ3v) is 5.16. The van der Waals surface area contributed by atoms with Crippen LogP contribution < -0.4 is 10.6 Å². The van der Waals surface area contributed by atoms with Crippen LogP contribution in [0.15, 0.2) is 29.2 Å². The van der Waals surface area contributed by atoms with E-state index in [0.717, 1.165) is 21.6 Å². The summed E-state index contributed by atoms with van der Waals surface area (Å²) in [5.74, 6) is -1.73. The minimum absolute atomic E-state index is 0.0232. The van der Waals surface area contributed by atoms with Gasteiger partial charge in [0.15, 0.2) is 6.61 Å². The predicted octanol–water partition coefficient (Wildman–Crippen LogP) is 0.0391. The number of carbonyl (C=O) groups excluding carboxylic acids is 5. The Hall–Kier alpha value is -3.08. The first-order valence-corrected chi connectivity index (χ1v) is 9.51. The Morgan fingerprint density at radius 2 is 1.57 bits per heavy atom. The standard InChI is InChI=1S/C17H18N4O6S/c22-13(20-7-5-18-16(20)25)9-27-15(24)11-3-1-2-4-12(11)28-10-14(23)21-8-6-19-17(21)26/h1-4H,5-10H2,(H,18,25)(H,19,26). The Morgan fingerprint density at radius 3 is 2.18 bits per heavy atom. The first kappa shape index (κ1) is 19.7. The molecule has 2 N–H and O–H groups in total. The smallest absolute Gasteiger partial charge is 0.339 e. The maximum absolute atomic E-state index is 12.4. The quantitative estimate of drug-likeness (QED) is 0.505. The Bertz CT molecular complexity index is 830. The molecule has 2 aliphatic heterocycles. The first-order valence-electron chi connectivity index (χ1n) is 8.52. The lowest BCUT2D eigenvalue weighted by Crippen LogP contribution is -2.37. The number of amides is 6. The van der Waals surface area contributed by atoms with E-state index in [1.54, 1.807) is 18.2 Å². The predicted molar refractivity (Wildman–Crippen MR) is 97.7 cm³/mol. The average molecular weight is 406 g/mol. The van der Waals surface area contributed by atoms with Crippen LogP contribution in [0.1, 0.15) is 10.4 Å². The van der Waals surface area contributed by atoms with Crippen LogP contribution in [0, 0.1) is 0 Å². The van der Waals surface area contributed by atoms with Crippen molar-refractivity contribution in [3.8, 4) is 0 Å². The van der Waals surface area contributed by atoms with E-state index in [1.807, 2.05) is 0 Å². The number of ether oxygens (including phenoxy) is 1. The molecule has 3 rings (SSSR count). The normalized spacial score (nSPS) is 16.0. The molecule has 2 fully saturated rings. The van der Waals surface area contributed by atoms with E-state index < -0.39 is 30.5 Å². The van der Waals surface area contributed by atoms with Gasteiger partial charge in [0.1, 0.15) is 0 Å². The summed E-state index contributed by atoms with van der Waals surface area (Å²) in [6.45, 7) is 0.766. The van der Waals surface area contributed by atoms with Gasteiger partial charge in [0.05, 0.1) is 11.3 Å². The minimum atomic E-state index is -0.734. The zero-order chi connectivity index (χ0) is 20.1. The van der Waals surface area contributed by atoms with Crippen molar-refractivity contribution in [2.75, 3.05) is 38.5 Å². The van der Waals surface area contributed by atoms with Crippen molar-refractivity contribution >= 4 is 41.6 Å². The van der Waals surface area contributed by atoms with Gasteiger partial charge in [-0.25, -0.2) is 14.4 Å². The van der Waals surface area contributed by atoms with E-state index >= 15 is 0 Å². The van der Waals surface area contributed by atoms with Crippen molar-refractivity contribution in [2.24, 2.45) is 0 Å². The van der Waals surface area contributed by atoms with Crippen molar-refractivity contribution in [3.63, 3.8) is 0 Å². The number of urea groups is 2. The summed E-state index contributed by atoms with van der Waals surface area (Å²) in [5.41, 5.74) is 0.199. The molecule has 2 heterocycles. The Balaban J connectivity index is 1.57. The molecule has 1 aromatic carbocycles. The van der Waals surface area contributed by atoms with Gasteiger partial charge in [-0.05, 0) is 12.1 Å². The van der Waals surface area contributed by atoms with E-state index in [1.165, 1.54) is 6.07 Å². The number of thioether (sulfide) groups is 1. The molecule has 0 spiro atoms. The number of hydrogen-bond donors (Lipinski definition) is 2. The molecule has 28 heavy (non-hydrogen) atoms. The van der Waals surface area contributed by atoms with Crippen LogP contribution in [0.3, 0.4) is 0 Å². The average Bonchev–Trinajstić information content (AvgIpc) is 3.32. The Kier molecular flexibility index (Phi) is 6.14. The summed E-state index contributed by atoms with van der Waals surface area (Å²) in [4.78, 5) is 62.0. The second-order valence-corrected chi connectivity index (χ2v) is 6.93. The first-order chi connectivity index (χ1) is 13.5. The van der Waals surface area contributed by atoms with Crippen molar-refractivity contribution in [1.29, 1.82) is 0 Å². The molecule has 10 nitrogen and oxygen atoms in total. The van der Waals surface area contributed by atoms with Crippen LogP contribution in [0.5, 0.6) is 0 Å². The molecule has 0 saturated carbocycles. The van der Waals surface area contributed by atoms with Crippen molar-refractivity contribution < 1.29 is 28.7 Å². The fourth-order valence-electron chi connectivity index (χ4n) is 2.68. The van der Waals surface area contributed by atoms with Crippen LogP contribution in [0.25, 0.3) is 0 Å². The maximum atomic E-state index is 12.4. The number of carbonyl (C=O) groups is 5. The highest BCUT2D eigenvalue weighted by Crippen LogP contribution is 2.24. The minimum Gasteiger partial charge on any atom is -0.452 e. The van der Waals surface area contributed by atoms with Gasteiger partial charge < -0.3 is 15.4 Å². The third kappa shape index (κ3) is 4.42. The summed E-state index contributed by atoms with van der Waals surface area (Å²) < 4.78 is 5.03. The number of nitrogens with zero attached hydrogens (tertiary/aromatic N) is 2.